The Morgan fingerprint density at radius 1 is 0.923 bits per heavy atom. The van der Waals surface area contributed by atoms with E-state index in [1.54, 1.807) is 36.1 Å². The van der Waals surface area contributed by atoms with Gasteiger partial charge in [0.25, 0.3) is 0 Å². The number of amides is 2. The summed E-state index contributed by atoms with van der Waals surface area (Å²) >= 11 is 0. The zero-order valence-electron chi connectivity index (χ0n) is 22.1. The largest absolute Gasteiger partial charge is 0.492 e. The number of urea groups is 1. The van der Waals surface area contributed by atoms with Gasteiger partial charge in [-0.05, 0) is 60.9 Å². The van der Waals surface area contributed by atoms with Crippen LogP contribution in [0.25, 0.3) is 0 Å². The Morgan fingerprint density at radius 2 is 1.62 bits per heavy atom. The normalized spacial score (nSPS) is 11.5. The molecule has 0 fully saturated rings. The molecule has 0 saturated carbocycles. The van der Waals surface area contributed by atoms with Crippen molar-refractivity contribution in [1.82, 2.24) is 4.90 Å². The van der Waals surface area contributed by atoms with Crippen LogP contribution in [0.5, 0.6) is 5.75 Å². The highest BCUT2D eigenvalue weighted by Crippen LogP contribution is 2.15. The zero-order valence-corrected chi connectivity index (χ0v) is 22.1. The Balaban J connectivity index is 1.49. The molecule has 9 heteroatoms. The van der Waals surface area contributed by atoms with E-state index >= 15 is 0 Å². The van der Waals surface area contributed by atoms with Crippen LogP contribution in [0.3, 0.4) is 0 Å². The van der Waals surface area contributed by atoms with Crippen LogP contribution in [0.15, 0.2) is 78.9 Å². The number of nitrogens with zero attached hydrogens (tertiary/aromatic N) is 1. The van der Waals surface area contributed by atoms with Gasteiger partial charge in [0.05, 0.1) is 13.2 Å². The lowest BCUT2D eigenvalue weighted by atomic mass is 10.1. The minimum atomic E-state index is -0.994. The van der Waals surface area contributed by atoms with Crippen molar-refractivity contribution in [3.8, 4) is 5.75 Å². The molecule has 0 spiro atoms. The van der Waals surface area contributed by atoms with Crippen molar-refractivity contribution in [2.24, 2.45) is 0 Å². The second kappa shape index (κ2) is 16.1. The first-order valence-electron chi connectivity index (χ1n) is 12.9. The molecular weight excluding hydrogens is 503 g/mol. The molecular formula is C30H35FN2O6. The summed E-state index contributed by atoms with van der Waals surface area (Å²) in [7, 11) is 0. The van der Waals surface area contributed by atoms with E-state index in [0.717, 1.165) is 11.1 Å². The minimum Gasteiger partial charge on any atom is -0.492 e. The van der Waals surface area contributed by atoms with Crippen LogP contribution < -0.4 is 10.1 Å². The third kappa shape index (κ3) is 10.7. The Hall–Kier alpha value is -3.95. The maximum atomic E-state index is 13.1. The summed E-state index contributed by atoms with van der Waals surface area (Å²) < 4.78 is 29.9. The van der Waals surface area contributed by atoms with Crippen molar-refractivity contribution in [2.45, 2.75) is 32.5 Å². The van der Waals surface area contributed by atoms with E-state index in [4.69, 9.17) is 14.2 Å². The van der Waals surface area contributed by atoms with Gasteiger partial charge in [-0.2, -0.15) is 0 Å². The lowest BCUT2D eigenvalue weighted by molar-refractivity contribution is -0.149. The van der Waals surface area contributed by atoms with Gasteiger partial charge in [0.1, 0.15) is 18.2 Å². The van der Waals surface area contributed by atoms with Crippen molar-refractivity contribution < 1.29 is 33.3 Å². The highest BCUT2D eigenvalue weighted by Gasteiger charge is 2.18. The number of carboxylic acids is 1. The maximum absolute atomic E-state index is 13.1. The first kappa shape index (κ1) is 29.6. The number of nitrogens with one attached hydrogen (secondary N) is 1. The first-order valence-corrected chi connectivity index (χ1v) is 12.9. The number of rotatable bonds is 16. The van der Waals surface area contributed by atoms with Crippen molar-refractivity contribution in [2.75, 3.05) is 38.2 Å². The summed E-state index contributed by atoms with van der Waals surface area (Å²) in [5, 5.41) is 12.2. The van der Waals surface area contributed by atoms with Crippen molar-refractivity contribution in [3.63, 3.8) is 0 Å². The number of carbonyl (C=O) groups excluding carboxylic acids is 1. The summed E-state index contributed by atoms with van der Waals surface area (Å²) in [6, 6.07) is 22.3. The van der Waals surface area contributed by atoms with Crippen LogP contribution in [0.4, 0.5) is 14.9 Å². The standard InChI is InChI=1S/C30H35FN2O6/c1-2-38-28(29(34)35)21-23-11-15-27(16-12-23)39-20-18-33(30(36)32-26-7-4-3-5-8-26)17-6-19-37-22-24-9-13-25(31)14-10-24/h3-5,7-16,28H,2,6,17-22H2,1H3,(H,32,36)(H,34,35). The van der Waals surface area contributed by atoms with Crippen LogP contribution in [-0.4, -0.2) is 61.0 Å². The lowest BCUT2D eigenvalue weighted by Crippen LogP contribution is -2.39. The van der Waals surface area contributed by atoms with Crippen LogP contribution >= 0.6 is 0 Å². The summed E-state index contributed by atoms with van der Waals surface area (Å²) in [4.78, 5) is 25.9. The van der Waals surface area contributed by atoms with E-state index in [-0.39, 0.29) is 24.9 Å². The van der Waals surface area contributed by atoms with Crippen molar-refractivity contribution >= 4 is 17.7 Å². The van der Waals surface area contributed by atoms with Gasteiger partial charge in [-0.1, -0.05) is 42.5 Å². The average molecular weight is 539 g/mol. The summed E-state index contributed by atoms with van der Waals surface area (Å²) in [6.07, 6.45) is -0.0129. The Bertz CT molecular complexity index is 1140. The molecule has 3 rings (SSSR count). The molecule has 0 aliphatic rings. The predicted octanol–water partition coefficient (Wildman–Crippen LogP) is 5.38. The first-order chi connectivity index (χ1) is 18.9. The van der Waals surface area contributed by atoms with Gasteiger partial charge in [-0.25, -0.2) is 14.0 Å². The maximum Gasteiger partial charge on any atom is 0.333 e. The van der Waals surface area contributed by atoms with Crippen LogP contribution in [-0.2, 0) is 27.3 Å². The molecule has 2 N–H and O–H groups in total. The second-order valence-corrected chi connectivity index (χ2v) is 8.79. The monoisotopic (exact) mass is 538 g/mol. The average Bonchev–Trinajstić information content (AvgIpc) is 2.94. The molecule has 0 aliphatic heterocycles. The van der Waals surface area contributed by atoms with Gasteiger partial charge in [0.2, 0.25) is 0 Å². The molecule has 0 aliphatic carbocycles. The Kier molecular flexibility index (Phi) is 12.2. The Morgan fingerprint density at radius 3 is 2.28 bits per heavy atom. The van der Waals surface area contributed by atoms with Gasteiger partial charge in [-0.15, -0.1) is 0 Å². The molecule has 8 nitrogen and oxygen atoms in total. The molecule has 0 radical (unpaired) electrons. The van der Waals surface area contributed by atoms with Gasteiger partial charge in [-0.3, -0.25) is 0 Å². The van der Waals surface area contributed by atoms with Crippen molar-refractivity contribution in [3.05, 3.63) is 95.8 Å². The number of para-hydroxylation sites is 1. The number of anilines is 1. The number of halogens is 1. The molecule has 1 unspecified atom stereocenters. The lowest BCUT2D eigenvalue weighted by Gasteiger charge is -2.23. The molecule has 2 amide bonds. The number of hydrogen-bond acceptors (Lipinski definition) is 5. The number of benzene rings is 3. The fourth-order valence-electron chi connectivity index (χ4n) is 3.80. The van der Waals surface area contributed by atoms with E-state index in [1.807, 2.05) is 42.5 Å². The SMILES string of the molecule is CCOC(Cc1ccc(OCCN(CCCOCc2ccc(F)cc2)C(=O)Nc2ccccc2)cc1)C(=O)O. The molecule has 3 aromatic rings. The van der Waals surface area contributed by atoms with Gasteiger partial charge < -0.3 is 29.5 Å². The van der Waals surface area contributed by atoms with Crippen LogP contribution in [0, 0.1) is 5.82 Å². The minimum absolute atomic E-state index is 0.241. The van der Waals surface area contributed by atoms with Crippen LogP contribution in [0.1, 0.15) is 24.5 Å². The number of hydrogen-bond donors (Lipinski definition) is 2. The third-order valence-electron chi connectivity index (χ3n) is 5.83. The molecule has 0 bridgehead atoms. The fraction of sp³-hybridized carbons (Fsp3) is 0.333. The van der Waals surface area contributed by atoms with E-state index < -0.39 is 12.1 Å². The number of carbonyl (C=O) groups is 2. The van der Waals surface area contributed by atoms with Gasteiger partial charge >= 0.3 is 12.0 Å². The van der Waals surface area contributed by atoms with E-state index in [9.17, 15) is 19.1 Å². The molecule has 3 aromatic carbocycles. The number of carboxylic acid groups (broad SMARTS) is 1. The number of ether oxygens (including phenoxy) is 3. The fourth-order valence-corrected chi connectivity index (χ4v) is 3.80. The van der Waals surface area contributed by atoms with Crippen molar-refractivity contribution in [1.29, 1.82) is 0 Å². The molecule has 208 valence electrons. The molecule has 0 heterocycles. The molecule has 0 saturated heterocycles. The molecule has 39 heavy (non-hydrogen) atoms. The predicted molar refractivity (Wildman–Crippen MR) is 146 cm³/mol. The van der Waals surface area contributed by atoms with E-state index in [1.165, 1.54) is 12.1 Å². The quantitative estimate of drug-likeness (QED) is 0.238. The summed E-state index contributed by atoms with van der Waals surface area (Å²) in [5.41, 5.74) is 2.40. The summed E-state index contributed by atoms with van der Waals surface area (Å²) in [6.45, 7) is 3.97. The highest BCUT2D eigenvalue weighted by molar-refractivity contribution is 5.89. The zero-order chi connectivity index (χ0) is 27.9. The number of aliphatic carboxylic acids is 1. The topological polar surface area (TPSA) is 97.3 Å². The van der Waals surface area contributed by atoms with Crippen LogP contribution in [0.2, 0.25) is 0 Å². The van der Waals surface area contributed by atoms with Gasteiger partial charge in [0, 0.05) is 31.9 Å². The molecule has 1 atom stereocenters. The highest BCUT2D eigenvalue weighted by atomic mass is 19.1. The second-order valence-electron chi connectivity index (χ2n) is 8.79. The summed E-state index contributed by atoms with van der Waals surface area (Å²) in [5.74, 6) is -0.662. The smallest absolute Gasteiger partial charge is 0.333 e. The molecule has 0 aromatic heterocycles. The van der Waals surface area contributed by atoms with Gasteiger partial charge in [0.15, 0.2) is 6.10 Å². The Labute approximate surface area is 228 Å². The third-order valence-corrected chi connectivity index (χ3v) is 5.83. The van der Waals surface area contributed by atoms with E-state index in [2.05, 4.69) is 5.32 Å². The van der Waals surface area contributed by atoms with E-state index in [0.29, 0.717) is 50.8 Å².